The third-order valence-electron chi connectivity index (χ3n) is 5.43. The van der Waals surface area contributed by atoms with Crippen LogP contribution in [0.2, 0.25) is 0 Å². The Hall–Kier alpha value is -2.96. The van der Waals surface area contributed by atoms with Gasteiger partial charge in [0.1, 0.15) is 12.1 Å². The van der Waals surface area contributed by atoms with Gasteiger partial charge in [-0.1, -0.05) is 29.8 Å². The molecule has 2 aromatic heterocycles. The number of hydrogen-bond acceptors (Lipinski definition) is 5. The summed E-state index contributed by atoms with van der Waals surface area (Å²) < 4.78 is 1.69. The molecule has 3 aromatic rings. The number of piperazine rings is 1. The lowest BCUT2D eigenvalue weighted by Gasteiger charge is -2.56. The van der Waals surface area contributed by atoms with E-state index >= 15 is 0 Å². The fourth-order valence-corrected chi connectivity index (χ4v) is 4.06. The number of aromatic nitrogens is 4. The maximum Gasteiger partial charge on any atom is 0.227 e. The van der Waals surface area contributed by atoms with Gasteiger partial charge >= 0.3 is 0 Å². The van der Waals surface area contributed by atoms with Crippen molar-refractivity contribution >= 4 is 17.4 Å². The van der Waals surface area contributed by atoms with E-state index in [0.29, 0.717) is 6.42 Å². The molecule has 1 amide bonds. The zero-order chi connectivity index (χ0) is 17.7. The average molecular weight is 348 g/mol. The van der Waals surface area contributed by atoms with E-state index in [-0.39, 0.29) is 18.0 Å². The summed E-state index contributed by atoms with van der Waals surface area (Å²) in [5, 5.41) is 12.4. The number of anilines is 1. The number of benzene rings is 1. The Morgan fingerprint density at radius 1 is 1.12 bits per heavy atom. The second kappa shape index (κ2) is 5.79. The van der Waals surface area contributed by atoms with Gasteiger partial charge in [-0.2, -0.15) is 4.52 Å². The molecule has 3 aliphatic heterocycles. The minimum absolute atomic E-state index is 0.233. The number of aryl methyl sites for hydroxylation is 1. The van der Waals surface area contributed by atoms with Gasteiger partial charge in [0, 0.05) is 13.1 Å². The molecular formula is C19H20N6O. The summed E-state index contributed by atoms with van der Waals surface area (Å²) in [4.78, 5) is 17.1. The molecule has 2 bridgehead atoms. The molecule has 0 N–H and O–H groups in total. The second-order valence-electron chi connectivity index (χ2n) is 7.24. The van der Waals surface area contributed by atoms with Gasteiger partial charge in [-0.3, -0.25) is 4.79 Å². The zero-order valence-electron chi connectivity index (χ0n) is 14.6. The summed E-state index contributed by atoms with van der Waals surface area (Å²) in [7, 11) is 0. The van der Waals surface area contributed by atoms with Crippen molar-refractivity contribution in [1.29, 1.82) is 0 Å². The van der Waals surface area contributed by atoms with Gasteiger partial charge in [-0.05, 0) is 31.0 Å². The van der Waals surface area contributed by atoms with Gasteiger partial charge in [0.2, 0.25) is 5.91 Å². The molecule has 26 heavy (non-hydrogen) atoms. The van der Waals surface area contributed by atoms with E-state index in [2.05, 4.69) is 44.2 Å². The first-order valence-electron chi connectivity index (χ1n) is 8.96. The fourth-order valence-electron chi connectivity index (χ4n) is 4.06. The molecule has 7 nitrogen and oxygen atoms in total. The van der Waals surface area contributed by atoms with Gasteiger partial charge in [0.15, 0.2) is 5.65 Å². The molecule has 2 atom stereocenters. The van der Waals surface area contributed by atoms with Crippen LogP contribution in [0.25, 0.3) is 5.65 Å². The molecule has 1 aromatic carbocycles. The van der Waals surface area contributed by atoms with Crippen LogP contribution < -0.4 is 4.90 Å². The number of fused-ring (bicyclic) bond motifs is 3. The highest BCUT2D eigenvalue weighted by Gasteiger charge is 2.47. The standard InChI is InChI=1S/C19H20N6O/c1-13-2-4-14(5-3-13)8-19(26)25-15-9-16(25)11-23(10-15)18-7-6-17-21-20-12-24(17)22-18/h2-7,12,15-16H,8-11H2,1H3. The van der Waals surface area contributed by atoms with Crippen LogP contribution in [0.15, 0.2) is 42.7 Å². The van der Waals surface area contributed by atoms with E-state index < -0.39 is 0 Å². The molecule has 7 heteroatoms. The minimum Gasteiger partial charge on any atom is -0.351 e. The van der Waals surface area contributed by atoms with Gasteiger partial charge in [-0.25, -0.2) is 0 Å². The number of hydrogen-bond donors (Lipinski definition) is 0. The van der Waals surface area contributed by atoms with Crippen LogP contribution in [-0.2, 0) is 11.2 Å². The highest BCUT2D eigenvalue weighted by Crippen LogP contribution is 2.34. The topological polar surface area (TPSA) is 66.6 Å². The lowest BCUT2D eigenvalue weighted by molar-refractivity contribution is -0.145. The summed E-state index contributed by atoms with van der Waals surface area (Å²) in [6.45, 7) is 3.72. The molecule has 0 aliphatic carbocycles. The van der Waals surface area contributed by atoms with Gasteiger partial charge in [0.05, 0.1) is 18.5 Å². The molecule has 0 saturated carbocycles. The third-order valence-corrected chi connectivity index (χ3v) is 5.43. The van der Waals surface area contributed by atoms with Crippen LogP contribution in [0, 0.1) is 6.92 Å². The van der Waals surface area contributed by atoms with E-state index in [0.717, 1.165) is 36.5 Å². The molecule has 2 unspecified atom stereocenters. The maximum atomic E-state index is 12.7. The smallest absolute Gasteiger partial charge is 0.227 e. The molecular weight excluding hydrogens is 328 g/mol. The maximum absolute atomic E-state index is 12.7. The Labute approximate surface area is 151 Å². The monoisotopic (exact) mass is 348 g/mol. The van der Waals surface area contributed by atoms with E-state index in [1.165, 1.54) is 5.56 Å². The SMILES string of the molecule is Cc1ccc(CC(=O)N2C3CC2CN(c2ccc4nncn4n2)C3)cc1. The van der Waals surface area contributed by atoms with E-state index in [4.69, 9.17) is 0 Å². The Bertz CT molecular complexity index is 954. The molecule has 3 aliphatic rings. The molecule has 3 fully saturated rings. The highest BCUT2D eigenvalue weighted by atomic mass is 16.2. The quantitative estimate of drug-likeness (QED) is 0.717. The first kappa shape index (κ1) is 15.3. The zero-order valence-corrected chi connectivity index (χ0v) is 14.6. The highest BCUT2D eigenvalue weighted by molar-refractivity contribution is 5.81. The van der Waals surface area contributed by atoms with Crippen molar-refractivity contribution in [2.45, 2.75) is 31.8 Å². The van der Waals surface area contributed by atoms with E-state index in [1.807, 2.05) is 24.3 Å². The Morgan fingerprint density at radius 2 is 1.88 bits per heavy atom. The molecule has 6 rings (SSSR count). The van der Waals surface area contributed by atoms with Crippen molar-refractivity contribution in [1.82, 2.24) is 24.7 Å². The summed E-state index contributed by atoms with van der Waals surface area (Å²) in [6.07, 6.45) is 3.18. The number of nitrogens with zero attached hydrogens (tertiary/aromatic N) is 6. The number of rotatable bonds is 3. The Balaban J connectivity index is 1.28. The van der Waals surface area contributed by atoms with Crippen LogP contribution in [0.1, 0.15) is 17.5 Å². The van der Waals surface area contributed by atoms with Crippen LogP contribution in [0.3, 0.4) is 0 Å². The van der Waals surface area contributed by atoms with Crippen LogP contribution in [0.4, 0.5) is 5.82 Å². The minimum atomic E-state index is 0.233. The van der Waals surface area contributed by atoms with Crippen molar-refractivity contribution in [2.75, 3.05) is 18.0 Å². The van der Waals surface area contributed by atoms with Gasteiger partial charge < -0.3 is 9.80 Å². The first-order valence-corrected chi connectivity index (χ1v) is 8.96. The van der Waals surface area contributed by atoms with E-state index in [1.54, 1.807) is 10.8 Å². The Kier molecular flexibility index (Phi) is 3.41. The van der Waals surface area contributed by atoms with Crippen LogP contribution in [0.5, 0.6) is 0 Å². The summed E-state index contributed by atoms with van der Waals surface area (Å²) in [5.41, 5.74) is 3.04. The number of carbonyl (C=O) groups excluding carboxylic acids is 1. The lowest BCUT2D eigenvalue weighted by Crippen LogP contribution is -2.70. The largest absolute Gasteiger partial charge is 0.351 e. The van der Waals surface area contributed by atoms with Crippen molar-refractivity contribution < 1.29 is 4.79 Å². The van der Waals surface area contributed by atoms with Crippen LogP contribution >= 0.6 is 0 Å². The Morgan fingerprint density at radius 3 is 2.65 bits per heavy atom. The second-order valence-corrected chi connectivity index (χ2v) is 7.24. The average Bonchev–Trinajstić information content (AvgIpc) is 3.11. The summed E-state index contributed by atoms with van der Waals surface area (Å²) in [6, 6.07) is 12.7. The number of piperidine rings is 1. The fraction of sp³-hybridized carbons (Fsp3) is 0.368. The first-order chi connectivity index (χ1) is 12.7. The molecule has 132 valence electrons. The van der Waals surface area contributed by atoms with Gasteiger partial charge in [-0.15, -0.1) is 15.3 Å². The van der Waals surface area contributed by atoms with Crippen LogP contribution in [-0.4, -0.2) is 55.8 Å². The van der Waals surface area contributed by atoms with Crippen molar-refractivity contribution in [3.8, 4) is 0 Å². The molecule has 5 heterocycles. The normalized spacial score (nSPS) is 21.7. The van der Waals surface area contributed by atoms with E-state index in [9.17, 15) is 4.79 Å². The van der Waals surface area contributed by atoms with Crippen molar-refractivity contribution in [3.63, 3.8) is 0 Å². The summed E-state index contributed by atoms with van der Waals surface area (Å²) in [5.74, 6) is 1.15. The number of amides is 1. The molecule has 0 radical (unpaired) electrons. The van der Waals surface area contributed by atoms with Crippen molar-refractivity contribution in [3.05, 3.63) is 53.9 Å². The predicted molar refractivity (Wildman–Crippen MR) is 96.9 cm³/mol. The predicted octanol–water partition coefficient (Wildman–Crippen LogP) is 1.46. The third kappa shape index (κ3) is 2.51. The number of carbonyl (C=O) groups is 1. The van der Waals surface area contributed by atoms with Crippen molar-refractivity contribution in [2.24, 2.45) is 0 Å². The van der Waals surface area contributed by atoms with Gasteiger partial charge in [0.25, 0.3) is 0 Å². The summed E-state index contributed by atoms with van der Waals surface area (Å²) >= 11 is 0. The molecule has 3 saturated heterocycles. The molecule has 0 spiro atoms. The lowest BCUT2D eigenvalue weighted by atomic mass is 9.86.